The molecule has 0 aromatic heterocycles. The molecule has 0 aliphatic heterocycles. The van der Waals surface area contributed by atoms with E-state index in [0.717, 1.165) is 37.6 Å². The summed E-state index contributed by atoms with van der Waals surface area (Å²) in [7, 11) is 0. The number of carbonyl (C=O) groups is 2. The molecule has 2 N–H and O–H groups in total. The highest BCUT2D eigenvalue weighted by Crippen LogP contribution is 2.24. The van der Waals surface area contributed by atoms with Crippen molar-refractivity contribution in [2.75, 3.05) is 0 Å². The molecule has 0 saturated carbocycles. The number of rotatable bonds is 16. The zero-order valence-electron chi connectivity index (χ0n) is 24.6. The maximum absolute atomic E-state index is 12.3. The number of unbranched alkanes of at least 4 members (excludes halogenated alkanes) is 2. The molecule has 0 aliphatic rings. The third-order valence-electron chi connectivity index (χ3n) is 6.51. The first-order chi connectivity index (χ1) is 22.0. The Kier molecular flexibility index (Phi) is 13.8. The van der Waals surface area contributed by atoms with Crippen molar-refractivity contribution >= 4 is 56.1 Å². The third kappa shape index (κ3) is 12.3. The van der Waals surface area contributed by atoms with Gasteiger partial charge in [-0.15, -0.1) is 0 Å². The average molecular weight is 734 g/mol. The molecule has 4 aromatic rings. The fourth-order valence-electron chi connectivity index (χ4n) is 4.18. The molecule has 0 fully saturated rings. The lowest BCUT2D eigenvalue weighted by Gasteiger charge is -2.10. The van der Waals surface area contributed by atoms with Crippen molar-refractivity contribution in [2.24, 2.45) is 10.2 Å². The summed E-state index contributed by atoms with van der Waals surface area (Å²) >= 11 is 6.94. The minimum Gasteiger partial charge on any atom is -0.488 e. The largest absolute Gasteiger partial charge is 0.488 e. The molecule has 0 atom stereocenters. The number of ether oxygens (including phenoxy) is 2. The molecule has 4 rings (SSSR count). The van der Waals surface area contributed by atoms with Crippen molar-refractivity contribution in [3.63, 3.8) is 0 Å². The quantitative estimate of drug-likeness (QED) is 0.0694. The zero-order valence-corrected chi connectivity index (χ0v) is 27.8. The van der Waals surface area contributed by atoms with Gasteiger partial charge in [0.25, 0.3) is 0 Å². The molecule has 2 amide bonds. The molecule has 232 valence electrons. The summed E-state index contributed by atoms with van der Waals surface area (Å²) in [5.41, 5.74) is 8.73. The van der Waals surface area contributed by atoms with Crippen LogP contribution < -0.4 is 20.3 Å². The van der Waals surface area contributed by atoms with E-state index in [1.54, 1.807) is 12.4 Å². The summed E-state index contributed by atoms with van der Waals surface area (Å²) in [6.45, 7) is 0.853. The number of hydrazone groups is 2. The van der Waals surface area contributed by atoms with Crippen molar-refractivity contribution in [1.82, 2.24) is 10.9 Å². The molecular formula is C35H34Br2N4O4. The van der Waals surface area contributed by atoms with Crippen molar-refractivity contribution in [1.29, 1.82) is 0 Å². The summed E-state index contributed by atoms with van der Waals surface area (Å²) in [6.07, 6.45) is 5.76. The Hall–Kier alpha value is -4.28. The van der Waals surface area contributed by atoms with Gasteiger partial charge in [-0.3, -0.25) is 9.59 Å². The highest BCUT2D eigenvalue weighted by atomic mass is 79.9. The van der Waals surface area contributed by atoms with Gasteiger partial charge in [0.1, 0.15) is 24.7 Å². The lowest BCUT2D eigenvalue weighted by molar-refractivity contribution is -0.121. The molecule has 0 heterocycles. The second-order valence-electron chi connectivity index (χ2n) is 10.1. The second-order valence-corrected chi connectivity index (χ2v) is 11.9. The fraction of sp³-hybridized carbons (Fsp3) is 0.200. The topological polar surface area (TPSA) is 101 Å². The SMILES string of the molecule is O=C(CCCCCC(=O)N/N=C/c1cc(Br)ccc1OCc1ccccc1)N/N=C/c1cc(Br)ccc1OCc1ccccc1. The predicted molar refractivity (Wildman–Crippen MR) is 184 cm³/mol. The van der Waals surface area contributed by atoms with Gasteiger partial charge in [0.05, 0.1) is 12.4 Å². The van der Waals surface area contributed by atoms with Crippen LogP contribution in [-0.2, 0) is 22.8 Å². The number of nitrogens with one attached hydrogen (secondary N) is 2. The van der Waals surface area contributed by atoms with Gasteiger partial charge in [-0.2, -0.15) is 10.2 Å². The van der Waals surface area contributed by atoms with E-state index in [9.17, 15) is 9.59 Å². The minimum atomic E-state index is -0.193. The third-order valence-corrected chi connectivity index (χ3v) is 7.50. The van der Waals surface area contributed by atoms with E-state index < -0.39 is 0 Å². The van der Waals surface area contributed by atoms with Crippen LogP contribution in [0.3, 0.4) is 0 Å². The van der Waals surface area contributed by atoms with Crippen LogP contribution in [0.1, 0.15) is 54.4 Å². The Labute approximate surface area is 280 Å². The number of amides is 2. The van der Waals surface area contributed by atoms with Gasteiger partial charge in [-0.25, -0.2) is 10.9 Å². The summed E-state index contributed by atoms with van der Waals surface area (Å²) in [4.78, 5) is 24.5. The molecule has 45 heavy (non-hydrogen) atoms. The van der Waals surface area contributed by atoms with Crippen LogP contribution in [0.15, 0.2) is 116 Å². The molecule has 0 saturated heterocycles. The molecule has 10 heteroatoms. The van der Waals surface area contributed by atoms with Crippen LogP contribution in [0, 0.1) is 0 Å². The molecular weight excluding hydrogens is 700 g/mol. The van der Waals surface area contributed by atoms with E-state index in [0.29, 0.717) is 50.4 Å². The van der Waals surface area contributed by atoms with Crippen LogP contribution in [0.2, 0.25) is 0 Å². The molecule has 0 radical (unpaired) electrons. The standard InChI is InChI=1S/C35H34Br2N4O4/c36-30-16-18-32(44-24-26-10-4-1-5-11-26)28(20-30)22-38-40-34(42)14-8-3-9-15-35(43)41-39-23-29-21-31(37)17-19-33(29)45-25-27-12-6-2-7-13-27/h1-2,4-7,10-13,16-23H,3,8-9,14-15,24-25H2,(H,40,42)(H,41,43)/b38-22+,39-23+. The molecule has 4 aromatic carbocycles. The van der Waals surface area contributed by atoms with Crippen molar-refractivity contribution in [3.8, 4) is 11.5 Å². The summed E-state index contributed by atoms with van der Waals surface area (Å²) in [5, 5.41) is 8.21. The Morgan fingerprint density at radius 1 is 0.600 bits per heavy atom. The number of carbonyl (C=O) groups excluding carboxylic acids is 2. The summed E-state index contributed by atoms with van der Waals surface area (Å²) in [5.74, 6) is 0.940. The Bertz CT molecular complexity index is 1480. The van der Waals surface area contributed by atoms with Crippen LogP contribution in [0.5, 0.6) is 11.5 Å². The van der Waals surface area contributed by atoms with E-state index >= 15 is 0 Å². The van der Waals surface area contributed by atoms with Crippen LogP contribution in [0.4, 0.5) is 0 Å². The first-order valence-electron chi connectivity index (χ1n) is 14.5. The normalized spacial score (nSPS) is 11.1. The van der Waals surface area contributed by atoms with Gasteiger partial charge < -0.3 is 9.47 Å². The maximum atomic E-state index is 12.3. The number of hydrogen-bond acceptors (Lipinski definition) is 6. The van der Waals surface area contributed by atoms with Gasteiger partial charge >= 0.3 is 0 Å². The molecule has 0 bridgehead atoms. The predicted octanol–water partition coefficient (Wildman–Crippen LogP) is 7.92. The van der Waals surface area contributed by atoms with Gasteiger partial charge in [0, 0.05) is 32.9 Å². The number of nitrogens with zero attached hydrogens (tertiary/aromatic N) is 2. The van der Waals surface area contributed by atoms with Gasteiger partial charge in [0.2, 0.25) is 11.8 Å². The highest BCUT2D eigenvalue weighted by molar-refractivity contribution is 9.10. The Morgan fingerprint density at radius 3 is 1.44 bits per heavy atom. The Balaban J connectivity index is 1.13. The molecule has 8 nitrogen and oxygen atoms in total. The number of hydrogen-bond donors (Lipinski definition) is 2. The van der Waals surface area contributed by atoms with Crippen molar-refractivity contribution in [2.45, 2.75) is 45.3 Å². The summed E-state index contributed by atoms with van der Waals surface area (Å²) in [6, 6.07) is 31.0. The van der Waals surface area contributed by atoms with Gasteiger partial charge in [-0.1, -0.05) is 98.9 Å². The lowest BCUT2D eigenvalue weighted by Crippen LogP contribution is -2.18. The van der Waals surface area contributed by atoms with E-state index in [1.165, 1.54) is 0 Å². The highest BCUT2D eigenvalue weighted by Gasteiger charge is 2.07. The maximum Gasteiger partial charge on any atom is 0.240 e. The van der Waals surface area contributed by atoms with E-state index in [-0.39, 0.29) is 11.8 Å². The van der Waals surface area contributed by atoms with Crippen LogP contribution in [-0.4, -0.2) is 24.2 Å². The van der Waals surface area contributed by atoms with Gasteiger partial charge in [0.15, 0.2) is 0 Å². The van der Waals surface area contributed by atoms with Crippen molar-refractivity contribution in [3.05, 3.63) is 128 Å². The number of benzene rings is 4. The van der Waals surface area contributed by atoms with Crippen LogP contribution in [0.25, 0.3) is 0 Å². The zero-order chi connectivity index (χ0) is 31.7. The van der Waals surface area contributed by atoms with E-state index in [1.807, 2.05) is 97.1 Å². The lowest BCUT2D eigenvalue weighted by atomic mass is 10.1. The molecule has 0 unspecified atom stereocenters. The summed E-state index contributed by atoms with van der Waals surface area (Å²) < 4.78 is 13.7. The first kappa shape index (κ1) is 33.6. The second kappa shape index (κ2) is 18.5. The van der Waals surface area contributed by atoms with Gasteiger partial charge in [-0.05, 0) is 60.4 Å². The average Bonchev–Trinajstić information content (AvgIpc) is 3.05. The number of halogens is 2. The monoisotopic (exact) mass is 732 g/mol. The Morgan fingerprint density at radius 2 is 1.02 bits per heavy atom. The first-order valence-corrected chi connectivity index (χ1v) is 16.1. The minimum absolute atomic E-state index is 0.193. The van der Waals surface area contributed by atoms with E-state index in [4.69, 9.17) is 9.47 Å². The molecule has 0 aliphatic carbocycles. The van der Waals surface area contributed by atoms with E-state index in [2.05, 4.69) is 52.9 Å². The fourth-order valence-corrected chi connectivity index (χ4v) is 4.94. The smallest absolute Gasteiger partial charge is 0.240 e. The van der Waals surface area contributed by atoms with Crippen molar-refractivity contribution < 1.29 is 19.1 Å². The molecule has 0 spiro atoms. The van der Waals surface area contributed by atoms with Crippen LogP contribution >= 0.6 is 31.9 Å².